The minimum absolute atomic E-state index is 0.306. The Labute approximate surface area is 164 Å². The number of nitrogens with one attached hydrogen (secondary N) is 2. The molecule has 0 amide bonds. The van der Waals surface area contributed by atoms with E-state index < -0.39 is 0 Å². The van der Waals surface area contributed by atoms with E-state index in [1.807, 2.05) is 0 Å². The zero-order valence-electron chi connectivity index (χ0n) is 15.5. The van der Waals surface area contributed by atoms with Crippen molar-refractivity contribution in [3.05, 3.63) is 59.9 Å². The van der Waals surface area contributed by atoms with Crippen molar-refractivity contribution in [2.45, 2.75) is 13.8 Å². The van der Waals surface area contributed by atoms with Crippen LogP contribution in [0.5, 0.6) is 0 Å². The molecule has 27 heavy (non-hydrogen) atoms. The molecule has 144 valence electrons. The molecule has 2 aromatic rings. The van der Waals surface area contributed by atoms with Gasteiger partial charge in [-0.05, 0) is 73.8 Å². The van der Waals surface area contributed by atoms with Gasteiger partial charge in [-0.15, -0.1) is 0 Å². The molecule has 2 rings (SSSR count). The number of ether oxygens (including phenoxy) is 1. The van der Waals surface area contributed by atoms with Gasteiger partial charge in [0.05, 0.1) is 5.56 Å². The van der Waals surface area contributed by atoms with Crippen molar-refractivity contribution in [1.82, 2.24) is 4.90 Å². The van der Waals surface area contributed by atoms with Gasteiger partial charge in [0.1, 0.15) is 12.4 Å². The van der Waals surface area contributed by atoms with E-state index in [9.17, 15) is 9.18 Å². The van der Waals surface area contributed by atoms with Gasteiger partial charge >= 0.3 is 5.97 Å². The molecule has 0 saturated carbocycles. The van der Waals surface area contributed by atoms with E-state index in [-0.39, 0.29) is 11.8 Å². The summed E-state index contributed by atoms with van der Waals surface area (Å²) in [5.74, 6) is -0.653. The Balaban J connectivity index is 1.82. The highest BCUT2D eigenvalue weighted by molar-refractivity contribution is 7.80. The van der Waals surface area contributed by atoms with Crippen molar-refractivity contribution in [2.75, 3.05) is 36.9 Å². The number of hydrogen-bond acceptors (Lipinski definition) is 4. The van der Waals surface area contributed by atoms with Gasteiger partial charge in [-0.25, -0.2) is 9.18 Å². The number of carbonyl (C=O) groups is 1. The van der Waals surface area contributed by atoms with Gasteiger partial charge < -0.3 is 20.3 Å². The van der Waals surface area contributed by atoms with Gasteiger partial charge in [-0.2, -0.15) is 0 Å². The van der Waals surface area contributed by atoms with Crippen molar-refractivity contribution >= 4 is 34.7 Å². The number of nitrogens with zero attached hydrogens (tertiary/aromatic N) is 1. The molecule has 0 aliphatic heterocycles. The first-order chi connectivity index (χ1) is 13.0. The molecule has 0 aliphatic carbocycles. The van der Waals surface area contributed by atoms with E-state index in [2.05, 4.69) is 29.4 Å². The molecule has 0 heterocycles. The van der Waals surface area contributed by atoms with Crippen LogP contribution in [0.3, 0.4) is 0 Å². The number of thiocarbonyl (C=S) groups is 1. The van der Waals surface area contributed by atoms with Gasteiger partial charge in [0.25, 0.3) is 0 Å². The number of anilines is 2. The number of carbonyl (C=O) groups excluding carboxylic acids is 1. The normalized spacial score (nSPS) is 10.5. The third-order valence-corrected chi connectivity index (χ3v) is 4.22. The number of likely N-dealkylation sites (N-methyl/N-ethyl adjacent to an activating group) is 1. The van der Waals surface area contributed by atoms with Crippen molar-refractivity contribution in [3.8, 4) is 0 Å². The Kier molecular flexibility index (Phi) is 8.16. The summed E-state index contributed by atoms with van der Waals surface area (Å²) in [6.45, 7) is 7.10. The number of rotatable bonds is 8. The molecule has 0 unspecified atom stereocenters. The largest absolute Gasteiger partial charge is 0.461 e. The summed E-state index contributed by atoms with van der Waals surface area (Å²) >= 11 is 5.23. The quantitative estimate of drug-likeness (QED) is 0.523. The summed E-state index contributed by atoms with van der Waals surface area (Å²) in [5, 5.41) is 6.35. The summed E-state index contributed by atoms with van der Waals surface area (Å²) in [5.41, 5.74) is 1.90. The molecule has 0 atom stereocenters. The average molecular weight is 389 g/mol. The molecule has 2 N–H and O–H groups in total. The summed E-state index contributed by atoms with van der Waals surface area (Å²) in [7, 11) is 0. The maximum absolute atomic E-state index is 12.9. The third-order valence-electron chi connectivity index (χ3n) is 4.02. The SMILES string of the molecule is CCN(CC)CCOC(=O)c1ccc(NC(=S)Nc2ccc(F)cc2)cc1. The molecule has 0 radical (unpaired) electrons. The van der Waals surface area contributed by atoms with E-state index in [0.717, 1.165) is 25.3 Å². The fourth-order valence-corrected chi connectivity index (χ4v) is 2.64. The molecular formula is C20H24FN3O2S. The molecule has 0 aromatic heterocycles. The predicted octanol–water partition coefficient (Wildman–Crippen LogP) is 4.13. The lowest BCUT2D eigenvalue weighted by Crippen LogP contribution is -2.27. The first-order valence-electron chi connectivity index (χ1n) is 8.85. The van der Waals surface area contributed by atoms with Crippen LogP contribution in [0.15, 0.2) is 48.5 Å². The number of halogens is 1. The number of hydrogen-bond donors (Lipinski definition) is 2. The molecule has 0 fully saturated rings. The minimum atomic E-state index is -0.347. The zero-order valence-corrected chi connectivity index (χ0v) is 16.3. The molecule has 2 aromatic carbocycles. The lowest BCUT2D eigenvalue weighted by molar-refractivity contribution is 0.0466. The topological polar surface area (TPSA) is 53.6 Å². The first-order valence-corrected chi connectivity index (χ1v) is 9.25. The molecule has 0 aliphatic rings. The van der Waals surface area contributed by atoms with Crippen LogP contribution in [0.1, 0.15) is 24.2 Å². The second-order valence-corrected chi connectivity index (χ2v) is 6.23. The molecular weight excluding hydrogens is 365 g/mol. The van der Waals surface area contributed by atoms with Gasteiger partial charge in [-0.1, -0.05) is 13.8 Å². The highest BCUT2D eigenvalue weighted by Crippen LogP contribution is 2.13. The average Bonchev–Trinajstić information content (AvgIpc) is 2.67. The van der Waals surface area contributed by atoms with Crippen LogP contribution in [0.2, 0.25) is 0 Å². The van der Waals surface area contributed by atoms with E-state index in [0.29, 0.717) is 23.0 Å². The lowest BCUT2D eigenvalue weighted by atomic mass is 10.2. The molecule has 7 heteroatoms. The number of benzene rings is 2. The minimum Gasteiger partial charge on any atom is -0.461 e. The standard InChI is InChI=1S/C20H24FN3O2S/c1-3-24(4-2)13-14-26-19(25)15-5-9-17(10-6-15)22-20(27)23-18-11-7-16(21)8-12-18/h5-12H,3-4,13-14H2,1-2H3,(H2,22,23,27). The predicted molar refractivity (Wildman–Crippen MR) is 111 cm³/mol. The lowest BCUT2D eigenvalue weighted by Gasteiger charge is -2.17. The van der Waals surface area contributed by atoms with Gasteiger partial charge in [0.15, 0.2) is 5.11 Å². The zero-order chi connectivity index (χ0) is 19.6. The fraction of sp³-hybridized carbons (Fsp3) is 0.300. The van der Waals surface area contributed by atoms with Gasteiger partial charge in [0, 0.05) is 17.9 Å². The van der Waals surface area contributed by atoms with Crippen LogP contribution in [-0.4, -0.2) is 42.2 Å². The molecule has 5 nitrogen and oxygen atoms in total. The van der Waals surface area contributed by atoms with Crippen molar-refractivity contribution in [2.24, 2.45) is 0 Å². The second-order valence-electron chi connectivity index (χ2n) is 5.83. The van der Waals surface area contributed by atoms with Gasteiger partial charge in [0.2, 0.25) is 0 Å². The number of esters is 1. The Morgan fingerprint density at radius 3 is 2.04 bits per heavy atom. The fourth-order valence-electron chi connectivity index (χ4n) is 2.41. The molecule has 0 bridgehead atoms. The monoisotopic (exact) mass is 389 g/mol. The van der Waals surface area contributed by atoms with Crippen LogP contribution in [0, 0.1) is 5.82 Å². The van der Waals surface area contributed by atoms with Crippen LogP contribution in [0.4, 0.5) is 15.8 Å². The Bertz CT molecular complexity index is 747. The maximum Gasteiger partial charge on any atom is 0.338 e. The van der Waals surface area contributed by atoms with Crippen LogP contribution >= 0.6 is 12.2 Å². The molecule has 0 saturated heterocycles. The third kappa shape index (κ3) is 6.96. The van der Waals surface area contributed by atoms with E-state index in [1.54, 1.807) is 36.4 Å². The summed E-state index contributed by atoms with van der Waals surface area (Å²) in [6, 6.07) is 12.8. The first kappa shape index (κ1) is 20.8. The van der Waals surface area contributed by atoms with Crippen molar-refractivity contribution in [3.63, 3.8) is 0 Å². The Hall–Kier alpha value is -2.51. The van der Waals surface area contributed by atoms with E-state index >= 15 is 0 Å². The summed E-state index contributed by atoms with van der Waals surface area (Å²) < 4.78 is 18.2. The van der Waals surface area contributed by atoms with Gasteiger partial charge in [-0.3, -0.25) is 0 Å². The smallest absolute Gasteiger partial charge is 0.338 e. The summed E-state index contributed by atoms with van der Waals surface area (Å²) in [6.07, 6.45) is 0. The maximum atomic E-state index is 12.9. The second kappa shape index (κ2) is 10.6. The Morgan fingerprint density at radius 2 is 1.52 bits per heavy atom. The van der Waals surface area contributed by atoms with E-state index in [1.165, 1.54) is 12.1 Å². The van der Waals surface area contributed by atoms with E-state index in [4.69, 9.17) is 17.0 Å². The van der Waals surface area contributed by atoms with Crippen molar-refractivity contribution in [1.29, 1.82) is 0 Å². The Morgan fingerprint density at radius 1 is 1.00 bits per heavy atom. The van der Waals surface area contributed by atoms with Crippen molar-refractivity contribution < 1.29 is 13.9 Å². The van der Waals surface area contributed by atoms with Crippen LogP contribution < -0.4 is 10.6 Å². The molecule has 0 spiro atoms. The van der Waals surface area contributed by atoms with Crippen LogP contribution in [0.25, 0.3) is 0 Å². The summed E-state index contributed by atoms with van der Waals surface area (Å²) in [4.78, 5) is 14.3. The highest BCUT2D eigenvalue weighted by Gasteiger charge is 2.08. The highest BCUT2D eigenvalue weighted by atomic mass is 32.1. The van der Waals surface area contributed by atoms with Crippen LogP contribution in [-0.2, 0) is 4.74 Å².